The predicted molar refractivity (Wildman–Crippen MR) is 151 cm³/mol. The van der Waals surface area contributed by atoms with Crippen LogP contribution in [-0.2, 0) is 6.18 Å². The molecule has 9 nitrogen and oxygen atoms in total. The number of nitrogens with zero attached hydrogens (tertiary/aromatic N) is 6. The fraction of sp³-hybridized carbons (Fsp3) is 0.207. The normalized spacial score (nSPS) is 14.5. The number of fused-ring (bicyclic) bond motifs is 1. The van der Waals surface area contributed by atoms with Crippen molar-refractivity contribution in [3.8, 4) is 22.8 Å². The molecule has 2 aromatic heterocycles. The zero-order chi connectivity index (χ0) is 28.7. The number of H-pyrrole nitrogens is 1. The van der Waals surface area contributed by atoms with E-state index in [1.807, 2.05) is 24.3 Å². The van der Waals surface area contributed by atoms with Gasteiger partial charge in [-0.05, 0) is 55.6 Å². The Morgan fingerprint density at radius 3 is 2.37 bits per heavy atom. The minimum absolute atomic E-state index is 0.0185. The average molecular weight is 561 g/mol. The zero-order valence-corrected chi connectivity index (χ0v) is 22.1. The lowest BCUT2D eigenvalue weighted by Crippen LogP contribution is -2.49. The fourth-order valence-electron chi connectivity index (χ4n) is 5.06. The highest BCUT2D eigenvalue weighted by Gasteiger charge is 2.31. The third-order valence-electron chi connectivity index (χ3n) is 7.19. The lowest BCUT2D eigenvalue weighted by atomic mass is 10.1. The molecule has 3 N–H and O–H groups in total. The molecule has 0 spiro atoms. The number of carbonyl (C=O) groups is 1. The molecule has 2 amide bonds. The number of carbonyl (C=O) groups excluding carboxylic acids is 1. The number of likely N-dealkylation sites (N-methyl/N-ethyl adjacent to an activating group) is 1. The van der Waals surface area contributed by atoms with Gasteiger partial charge in [-0.3, -0.25) is 10.00 Å². The molecule has 0 bridgehead atoms. The smallest absolute Gasteiger partial charge is 0.351 e. The Labute approximate surface area is 233 Å². The summed E-state index contributed by atoms with van der Waals surface area (Å²) >= 11 is 0. The number of hydrogen-bond acceptors (Lipinski definition) is 5. The minimum Gasteiger partial charge on any atom is -0.351 e. The Bertz CT molecular complexity index is 1700. The van der Waals surface area contributed by atoms with Gasteiger partial charge in [-0.1, -0.05) is 30.3 Å². The molecule has 41 heavy (non-hydrogen) atoms. The standard InChI is InChI=1S/C29H27F3N8O/c1-37-13-15-38(16-14-37)40-26-8-3-2-7-23(26)34-27(40)25-18-24(35-36-25)19-9-11-21(12-10-19)39(28(33)41)22-6-4-5-20(17-22)29(30,31)32/h2-12,17-18H,13-16H2,1H3,(H2,33,41)(H,35,36). The first-order valence-electron chi connectivity index (χ1n) is 13.0. The van der Waals surface area contributed by atoms with Crippen LogP contribution in [0.4, 0.5) is 29.3 Å². The topological polar surface area (TPSA) is 99.3 Å². The van der Waals surface area contributed by atoms with E-state index in [2.05, 4.69) is 37.9 Å². The number of aromatic amines is 1. The van der Waals surface area contributed by atoms with Crippen LogP contribution in [0.2, 0.25) is 0 Å². The molecule has 1 aliphatic rings. The van der Waals surface area contributed by atoms with E-state index in [9.17, 15) is 18.0 Å². The van der Waals surface area contributed by atoms with Gasteiger partial charge in [0.05, 0.1) is 33.7 Å². The number of halogens is 3. The monoisotopic (exact) mass is 560 g/mol. The number of piperazine rings is 1. The summed E-state index contributed by atoms with van der Waals surface area (Å²) in [5, 5.41) is 9.90. The highest BCUT2D eigenvalue weighted by atomic mass is 19.4. The molecular formula is C29H27F3N8O. The number of imidazole rings is 1. The van der Waals surface area contributed by atoms with Gasteiger partial charge in [0, 0.05) is 31.7 Å². The summed E-state index contributed by atoms with van der Waals surface area (Å²) in [5.41, 5.74) is 9.05. The first-order chi connectivity index (χ1) is 19.7. The largest absolute Gasteiger partial charge is 0.416 e. The molecule has 3 aromatic carbocycles. The molecule has 210 valence electrons. The number of hydrogen-bond donors (Lipinski definition) is 2. The van der Waals surface area contributed by atoms with Crippen molar-refractivity contribution < 1.29 is 18.0 Å². The summed E-state index contributed by atoms with van der Waals surface area (Å²) in [6.45, 7) is 3.59. The molecule has 3 heterocycles. The zero-order valence-electron chi connectivity index (χ0n) is 22.1. The number of para-hydroxylation sites is 2. The third-order valence-corrected chi connectivity index (χ3v) is 7.19. The number of rotatable bonds is 5. The highest BCUT2D eigenvalue weighted by molar-refractivity contribution is 5.98. The molecule has 1 saturated heterocycles. The van der Waals surface area contributed by atoms with Crippen LogP contribution in [0.3, 0.4) is 0 Å². The van der Waals surface area contributed by atoms with E-state index in [0.29, 0.717) is 11.4 Å². The van der Waals surface area contributed by atoms with Gasteiger partial charge in [0.25, 0.3) is 0 Å². The molecule has 0 atom stereocenters. The van der Waals surface area contributed by atoms with Crippen molar-refractivity contribution in [2.45, 2.75) is 6.18 Å². The second-order valence-corrected chi connectivity index (χ2v) is 9.93. The van der Waals surface area contributed by atoms with Crippen molar-refractivity contribution in [3.63, 3.8) is 0 Å². The van der Waals surface area contributed by atoms with Crippen LogP contribution in [0.15, 0.2) is 78.9 Å². The first kappa shape index (κ1) is 26.4. The second kappa shape index (κ2) is 10.3. The maximum Gasteiger partial charge on any atom is 0.416 e. The SMILES string of the molecule is CN1CCN(n2c(-c3cc(-c4ccc(N(C(N)=O)c5cccc(C(F)(F)F)c5)cc4)n[nH]3)nc3ccccc32)CC1. The fourth-order valence-corrected chi connectivity index (χ4v) is 5.06. The van der Waals surface area contributed by atoms with E-state index in [1.165, 1.54) is 12.1 Å². The Kier molecular flexibility index (Phi) is 6.62. The lowest BCUT2D eigenvalue weighted by molar-refractivity contribution is -0.137. The van der Waals surface area contributed by atoms with Gasteiger partial charge in [-0.15, -0.1) is 0 Å². The Morgan fingerprint density at radius 1 is 0.927 bits per heavy atom. The second-order valence-electron chi connectivity index (χ2n) is 9.93. The average Bonchev–Trinajstić information content (AvgIpc) is 3.59. The third kappa shape index (κ3) is 5.09. The van der Waals surface area contributed by atoms with Crippen LogP contribution in [-0.4, -0.2) is 64.0 Å². The molecule has 0 unspecified atom stereocenters. The summed E-state index contributed by atoms with van der Waals surface area (Å²) in [6, 6.07) is 20.2. The van der Waals surface area contributed by atoms with Crippen LogP contribution in [0.25, 0.3) is 33.8 Å². The van der Waals surface area contributed by atoms with Crippen molar-refractivity contribution in [2.75, 3.05) is 43.1 Å². The van der Waals surface area contributed by atoms with Crippen molar-refractivity contribution in [3.05, 3.63) is 84.4 Å². The van der Waals surface area contributed by atoms with Crippen LogP contribution in [0.1, 0.15) is 5.56 Å². The summed E-state index contributed by atoms with van der Waals surface area (Å²) in [7, 11) is 2.11. The number of primary amides is 1. The summed E-state index contributed by atoms with van der Waals surface area (Å²) < 4.78 is 41.9. The Hall–Kier alpha value is -4.84. The minimum atomic E-state index is -4.55. The lowest BCUT2D eigenvalue weighted by Gasteiger charge is -2.35. The Morgan fingerprint density at radius 2 is 1.66 bits per heavy atom. The van der Waals surface area contributed by atoms with Crippen molar-refractivity contribution >= 4 is 28.4 Å². The van der Waals surface area contributed by atoms with E-state index in [1.54, 1.807) is 24.3 Å². The molecule has 5 aromatic rings. The van der Waals surface area contributed by atoms with Gasteiger partial charge >= 0.3 is 12.2 Å². The number of alkyl halides is 3. The highest BCUT2D eigenvalue weighted by Crippen LogP contribution is 2.35. The predicted octanol–water partition coefficient (Wildman–Crippen LogP) is 5.21. The van der Waals surface area contributed by atoms with Gasteiger partial charge in [-0.25, -0.2) is 14.5 Å². The molecule has 1 aliphatic heterocycles. The molecule has 0 aliphatic carbocycles. The van der Waals surface area contributed by atoms with Gasteiger partial charge in [0.2, 0.25) is 0 Å². The summed E-state index contributed by atoms with van der Waals surface area (Å²) in [6.07, 6.45) is -4.55. The van der Waals surface area contributed by atoms with Crippen LogP contribution in [0.5, 0.6) is 0 Å². The van der Waals surface area contributed by atoms with Gasteiger partial charge < -0.3 is 15.6 Å². The maximum absolute atomic E-state index is 13.3. The molecule has 0 saturated carbocycles. The van der Waals surface area contributed by atoms with Crippen molar-refractivity contribution in [2.24, 2.45) is 5.73 Å². The van der Waals surface area contributed by atoms with E-state index in [4.69, 9.17) is 10.7 Å². The molecule has 6 rings (SSSR count). The molecular weight excluding hydrogens is 533 g/mol. The molecule has 0 radical (unpaired) electrons. The van der Waals surface area contributed by atoms with Crippen LogP contribution < -0.4 is 15.6 Å². The van der Waals surface area contributed by atoms with E-state index in [-0.39, 0.29) is 5.69 Å². The van der Waals surface area contributed by atoms with Gasteiger partial charge in [0.15, 0.2) is 5.82 Å². The number of aromatic nitrogens is 4. The summed E-state index contributed by atoms with van der Waals surface area (Å²) in [5.74, 6) is 0.746. The van der Waals surface area contributed by atoms with E-state index >= 15 is 0 Å². The number of benzene rings is 3. The van der Waals surface area contributed by atoms with Crippen LogP contribution >= 0.6 is 0 Å². The maximum atomic E-state index is 13.3. The molecule has 1 fully saturated rings. The Balaban J connectivity index is 1.31. The number of nitrogens with one attached hydrogen (secondary N) is 1. The number of urea groups is 1. The van der Waals surface area contributed by atoms with Gasteiger partial charge in [-0.2, -0.15) is 18.3 Å². The summed E-state index contributed by atoms with van der Waals surface area (Å²) in [4.78, 5) is 20.5. The number of anilines is 2. The van der Waals surface area contributed by atoms with Crippen LogP contribution in [0, 0.1) is 0 Å². The first-order valence-corrected chi connectivity index (χ1v) is 13.0. The quantitative estimate of drug-likeness (QED) is 0.307. The van der Waals surface area contributed by atoms with Crippen molar-refractivity contribution in [1.82, 2.24) is 24.8 Å². The van der Waals surface area contributed by atoms with Gasteiger partial charge in [0.1, 0.15) is 5.69 Å². The van der Waals surface area contributed by atoms with E-state index < -0.39 is 17.8 Å². The number of amides is 2. The van der Waals surface area contributed by atoms with Crippen molar-refractivity contribution in [1.29, 1.82) is 0 Å². The van der Waals surface area contributed by atoms with E-state index in [0.717, 1.165) is 71.3 Å². The molecule has 12 heteroatoms. The number of nitrogens with two attached hydrogens (primary N) is 1.